The first-order chi connectivity index (χ1) is 25.5. The molecule has 8 rings (SSSR count). The standard InChI is InChI=1S/C35H35N2OS.C12H10N.Ir/c1-20-11-9-12-21(2)29(20)25-17-27(36-19-22(25)18-34(3,4)5)23-13-10-14-24-30-28(38-31(23)24)16-15-26-32(30)39-33(37-26)35(6,7)8;1-10-7-8-12(13-9-10)11-5-3-2-4-6-11;/h9-12,14-17,19H,18H2,1-8H3;2-5,7-9H,1H3;/q2*-1;/i18D2;;. The summed E-state index contributed by atoms with van der Waals surface area (Å²) >= 11 is 1.73. The molecule has 1 radical (unpaired) electrons. The number of benzene rings is 4. The first kappa shape index (κ1) is 35.5. The van der Waals surface area contributed by atoms with E-state index in [1.165, 1.54) is 5.56 Å². The number of aromatic nitrogens is 3. The largest absolute Gasteiger partial charge is 0.501 e. The number of hydrogen-bond acceptors (Lipinski definition) is 5. The monoisotopic (exact) mass is 894 g/mol. The Morgan fingerprint density at radius 3 is 2.21 bits per heavy atom. The van der Waals surface area contributed by atoms with E-state index in [0.29, 0.717) is 11.3 Å². The Kier molecular flexibility index (Phi) is 10.1. The molecule has 53 heavy (non-hydrogen) atoms. The second-order valence-corrected chi connectivity index (χ2v) is 16.5. The van der Waals surface area contributed by atoms with Crippen LogP contribution in [0.2, 0.25) is 0 Å². The molecule has 4 heterocycles. The molecule has 4 aromatic heterocycles. The van der Waals surface area contributed by atoms with Crippen molar-refractivity contribution in [2.75, 3.05) is 0 Å². The molecule has 6 heteroatoms. The van der Waals surface area contributed by atoms with Crippen LogP contribution < -0.4 is 0 Å². The summed E-state index contributed by atoms with van der Waals surface area (Å²) in [4.78, 5) is 14.1. The summed E-state index contributed by atoms with van der Waals surface area (Å²) in [7, 11) is 0. The van der Waals surface area contributed by atoms with Gasteiger partial charge in [-0.15, -0.1) is 65.4 Å². The first-order valence-electron chi connectivity index (χ1n) is 18.7. The fourth-order valence-electron chi connectivity index (χ4n) is 6.44. The summed E-state index contributed by atoms with van der Waals surface area (Å²) in [6.07, 6.45) is 1.98. The molecule has 0 atom stereocenters. The molecular weight excluding hydrogens is 847 g/mol. The van der Waals surface area contributed by atoms with Gasteiger partial charge in [-0.1, -0.05) is 88.9 Å². The van der Waals surface area contributed by atoms with Gasteiger partial charge in [0, 0.05) is 46.0 Å². The molecule has 0 amide bonds. The molecule has 4 aromatic carbocycles. The summed E-state index contributed by atoms with van der Waals surface area (Å²) < 4.78 is 25.9. The molecule has 0 N–H and O–H groups in total. The van der Waals surface area contributed by atoms with Gasteiger partial charge < -0.3 is 14.4 Å². The molecule has 8 aromatic rings. The molecule has 0 saturated heterocycles. The van der Waals surface area contributed by atoms with E-state index in [1.54, 1.807) is 17.5 Å². The maximum atomic E-state index is 9.15. The van der Waals surface area contributed by atoms with Crippen LogP contribution in [0.3, 0.4) is 0 Å². The molecule has 0 spiro atoms. The molecule has 0 unspecified atom stereocenters. The predicted octanol–water partition coefficient (Wildman–Crippen LogP) is 13.1. The number of hydrogen-bond donors (Lipinski definition) is 0. The van der Waals surface area contributed by atoms with Gasteiger partial charge in [-0.2, -0.15) is 0 Å². The van der Waals surface area contributed by atoms with Crippen molar-refractivity contribution in [3.63, 3.8) is 0 Å². The smallest absolute Gasteiger partial charge is 0.122 e. The molecule has 0 aliphatic rings. The van der Waals surface area contributed by atoms with Gasteiger partial charge in [0.05, 0.1) is 20.8 Å². The van der Waals surface area contributed by atoms with Gasteiger partial charge in [0.2, 0.25) is 0 Å². The Bertz CT molecular complexity index is 2610. The van der Waals surface area contributed by atoms with Crippen LogP contribution in [0.4, 0.5) is 0 Å². The van der Waals surface area contributed by atoms with Crippen molar-refractivity contribution in [1.82, 2.24) is 15.0 Å². The summed E-state index contributed by atoms with van der Waals surface area (Å²) in [5, 5.41) is 3.17. The normalized spacial score (nSPS) is 12.6. The molecular formula is C47H45IrN3OS-2. The third-order valence-corrected chi connectivity index (χ3v) is 10.4. The fourth-order valence-corrected chi connectivity index (χ4v) is 7.62. The van der Waals surface area contributed by atoms with E-state index >= 15 is 0 Å². The van der Waals surface area contributed by atoms with Crippen LogP contribution in [-0.2, 0) is 31.9 Å². The SMILES string of the molecule is Cc1ccc(-c2[c-]cccc2)nc1.[2H]C([2H])(c1cnc(-c2[c-]ccc3c2oc2ccc4nc(C(C)(C)C)sc4c23)cc1-c1c(C)cccc1C)C(C)(C)C.[Ir]. The van der Waals surface area contributed by atoms with Crippen molar-refractivity contribution >= 4 is 43.5 Å². The van der Waals surface area contributed by atoms with Crippen molar-refractivity contribution in [3.8, 4) is 33.6 Å². The van der Waals surface area contributed by atoms with Gasteiger partial charge in [0.25, 0.3) is 0 Å². The molecule has 0 bridgehead atoms. The minimum absolute atomic E-state index is 0. The second kappa shape index (κ2) is 15.1. The average molecular weight is 894 g/mol. The molecule has 271 valence electrons. The maximum Gasteiger partial charge on any atom is 0.122 e. The number of nitrogens with zero attached hydrogens (tertiary/aromatic N) is 3. The molecule has 0 fully saturated rings. The second-order valence-electron chi connectivity index (χ2n) is 15.5. The van der Waals surface area contributed by atoms with E-state index in [1.807, 2.05) is 94.6 Å². The van der Waals surface area contributed by atoms with Gasteiger partial charge in [-0.3, -0.25) is 0 Å². The summed E-state index contributed by atoms with van der Waals surface area (Å²) in [5.74, 6) is 0. The molecule has 0 aliphatic carbocycles. The van der Waals surface area contributed by atoms with Crippen LogP contribution >= 0.6 is 11.3 Å². The van der Waals surface area contributed by atoms with Crippen molar-refractivity contribution in [2.45, 2.75) is 74.1 Å². The number of aryl methyl sites for hydroxylation is 3. The maximum absolute atomic E-state index is 9.15. The minimum Gasteiger partial charge on any atom is -0.501 e. The minimum atomic E-state index is -1.61. The Morgan fingerprint density at radius 2 is 1.55 bits per heavy atom. The van der Waals surface area contributed by atoms with Crippen LogP contribution in [0, 0.1) is 38.3 Å². The van der Waals surface area contributed by atoms with Gasteiger partial charge in [-0.25, -0.2) is 4.98 Å². The third-order valence-electron chi connectivity index (χ3n) is 8.91. The zero-order valence-electron chi connectivity index (χ0n) is 33.7. The van der Waals surface area contributed by atoms with Crippen LogP contribution in [0.1, 0.15) is 71.5 Å². The molecule has 0 saturated carbocycles. The van der Waals surface area contributed by atoms with Gasteiger partial charge in [0.15, 0.2) is 0 Å². The Labute approximate surface area is 333 Å². The van der Waals surface area contributed by atoms with Crippen LogP contribution in [0.5, 0.6) is 0 Å². The Hall–Kier alpha value is -4.48. The molecule has 0 aliphatic heterocycles. The number of rotatable bonds is 4. The fraction of sp³-hybridized carbons (Fsp3) is 0.255. The van der Waals surface area contributed by atoms with Crippen molar-refractivity contribution in [3.05, 3.63) is 137 Å². The van der Waals surface area contributed by atoms with Crippen molar-refractivity contribution < 1.29 is 27.3 Å². The Morgan fingerprint density at radius 1 is 0.792 bits per heavy atom. The zero-order valence-corrected chi connectivity index (χ0v) is 34.9. The van der Waals surface area contributed by atoms with Crippen LogP contribution in [0.15, 0.2) is 102 Å². The van der Waals surface area contributed by atoms with E-state index < -0.39 is 11.8 Å². The number of furan rings is 1. The van der Waals surface area contributed by atoms with Crippen molar-refractivity contribution in [1.29, 1.82) is 0 Å². The number of thiazole rings is 1. The third kappa shape index (κ3) is 8.06. The molecule has 4 nitrogen and oxygen atoms in total. The topological polar surface area (TPSA) is 51.8 Å². The van der Waals surface area contributed by atoms with Gasteiger partial charge in [0.1, 0.15) is 5.58 Å². The Balaban J connectivity index is 0.000000310. The van der Waals surface area contributed by atoms with E-state index in [-0.39, 0.29) is 25.5 Å². The number of fused-ring (bicyclic) bond motifs is 5. The quantitative estimate of drug-likeness (QED) is 0.165. The van der Waals surface area contributed by atoms with Gasteiger partial charge >= 0.3 is 0 Å². The van der Waals surface area contributed by atoms with Crippen molar-refractivity contribution in [2.24, 2.45) is 5.41 Å². The summed E-state index contributed by atoms with van der Waals surface area (Å²) in [6.45, 7) is 18.6. The van der Waals surface area contributed by atoms with E-state index in [9.17, 15) is 0 Å². The first-order valence-corrected chi connectivity index (χ1v) is 18.5. The van der Waals surface area contributed by atoms with E-state index in [4.69, 9.17) is 17.1 Å². The van der Waals surface area contributed by atoms with Crippen LogP contribution in [0.25, 0.3) is 65.8 Å². The summed E-state index contributed by atoms with van der Waals surface area (Å²) in [5.41, 5.74) is 11.2. The van der Waals surface area contributed by atoms with E-state index in [0.717, 1.165) is 76.2 Å². The van der Waals surface area contributed by atoms with Gasteiger partial charge in [-0.05, 0) is 89.5 Å². The average Bonchev–Trinajstić information content (AvgIpc) is 3.74. The number of pyridine rings is 2. The van der Waals surface area contributed by atoms with E-state index in [2.05, 4.69) is 76.0 Å². The zero-order chi connectivity index (χ0) is 38.6. The predicted molar refractivity (Wildman–Crippen MR) is 219 cm³/mol. The summed E-state index contributed by atoms with van der Waals surface area (Å²) in [6, 6.07) is 34.7. The van der Waals surface area contributed by atoms with Crippen LogP contribution in [-0.4, -0.2) is 15.0 Å².